The fourth-order valence-corrected chi connectivity index (χ4v) is 7.51. The zero-order valence-corrected chi connectivity index (χ0v) is 32.4. The van der Waals surface area contributed by atoms with Crippen LogP contribution < -0.4 is 14.2 Å². The minimum atomic E-state index is -1.52. The molecule has 1 spiro atoms. The lowest BCUT2D eigenvalue weighted by Crippen LogP contribution is -2.34. The van der Waals surface area contributed by atoms with Gasteiger partial charge in [0.15, 0.2) is 5.60 Å². The summed E-state index contributed by atoms with van der Waals surface area (Å²) in [6, 6.07) is 17.7. The van der Waals surface area contributed by atoms with Gasteiger partial charge in [-0.05, 0) is 111 Å². The van der Waals surface area contributed by atoms with E-state index >= 15 is 0 Å². The molecule has 0 radical (unpaired) electrons. The number of nitriles is 1. The quantitative estimate of drug-likeness (QED) is 0.0810. The highest BCUT2D eigenvalue weighted by atomic mass is 31.2. The number of carbonyl (C=O) groups is 3. The Bertz CT molecular complexity index is 1820. The first kappa shape index (κ1) is 38.9. The highest BCUT2D eigenvalue weighted by Crippen LogP contribution is 2.57. The molecule has 1 unspecified atom stereocenters. The Kier molecular flexibility index (Phi) is 11.2. The molecule has 0 aliphatic carbocycles. The van der Waals surface area contributed by atoms with E-state index in [9.17, 15) is 14.4 Å². The van der Waals surface area contributed by atoms with Crippen LogP contribution in [0.5, 0.6) is 23.0 Å². The van der Waals surface area contributed by atoms with Crippen molar-refractivity contribution in [3.05, 3.63) is 82.4 Å². The van der Waals surface area contributed by atoms with E-state index in [4.69, 9.17) is 33.3 Å². The summed E-state index contributed by atoms with van der Waals surface area (Å²) in [6.45, 7) is 19.2. The first-order valence-corrected chi connectivity index (χ1v) is 18.5. The predicted octanol–water partition coefficient (Wildman–Crippen LogP) is 8.95. The number of hydrogen-bond acceptors (Lipinski definition) is 11. The van der Waals surface area contributed by atoms with Crippen molar-refractivity contribution in [3.8, 4) is 29.1 Å². The first-order chi connectivity index (χ1) is 24.4. The molecule has 2 aliphatic rings. The lowest BCUT2D eigenvalue weighted by Gasteiger charge is -2.37. The summed E-state index contributed by atoms with van der Waals surface area (Å²) in [5.74, 6) is -0.280. The molecule has 276 valence electrons. The number of nitrogens with zero attached hydrogens (tertiary/aromatic N) is 2. The van der Waals surface area contributed by atoms with Crippen molar-refractivity contribution in [2.45, 2.75) is 99.9 Å². The molecule has 2 heterocycles. The highest BCUT2D eigenvalue weighted by Gasteiger charge is 2.54. The van der Waals surface area contributed by atoms with E-state index in [-0.39, 0.29) is 43.2 Å². The van der Waals surface area contributed by atoms with E-state index in [1.54, 1.807) is 84.0 Å². The Hall–Kier alpha value is -4.33. The number of fused-ring (bicyclic) bond motifs is 6. The van der Waals surface area contributed by atoms with Crippen LogP contribution in [0.2, 0.25) is 0 Å². The zero-order chi connectivity index (χ0) is 38.2. The van der Waals surface area contributed by atoms with Gasteiger partial charge in [-0.2, -0.15) is 5.26 Å². The van der Waals surface area contributed by atoms with Gasteiger partial charge in [-0.15, -0.1) is 0 Å². The van der Waals surface area contributed by atoms with Crippen LogP contribution in [0, 0.1) is 22.2 Å². The van der Waals surface area contributed by atoms with Crippen LogP contribution in [0.15, 0.2) is 54.6 Å². The fraction of sp³-hybridized carbons (Fsp3) is 0.450. The third-order valence-corrected chi connectivity index (χ3v) is 10.5. The van der Waals surface area contributed by atoms with Gasteiger partial charge in [-0.1, -0.05) is 6.07 Å². The van der Waals surface area contributed by atoms with Crippen molar-refractivity contribution in [3.63, 3.8) is 0 Å². The van der Waals surface area contributed by atoms with Crippen molar-refractivity contribution < 1.29 is 42.4 Å². The van der Waals surface area contributed by atoms with Gasteiger partial charge >= 0.3 is 17.9 Å². The molecule has 52 heavy (non-hydrogen) atoms. The molecule has 11 nitrogen and oxygen atoms in total. The molecular weight excluding hydrogens is 683 g/mol. The van der Waals surface area contributed by atoms with Gasteiger partial charge in [0.25, 0.3) is 8.53 Å². The lowest BCUT2D eigenvalue weighted by atomic mass is 9.77. The van der Waals surface area contributed by atoms with Crippen LogP contribution in [0.4, 0.5) is 0 Å². The van der Waals surface area contributed by atoms with Gasteiger partial charge in [-0.3, -0.25) is 9.59 Å². The number of benzene rings is 3. The van der Waals surface area contributed by atoms with Gasteiger partial charge in [0, 0.05) is 40.9 Å². The lowest BCUT2D eigenvalue weighted by molar-refractivity contribution is -0.143. The molecule has 0 saturated heterocycles. The Morgan fingerprint density at radius 2 is 1.35 bits per heavy atom. The minimum absolute atomic E-state index is 0.123. The molecule has 3 aromatic rings. The topological polar surface area (TPSA) is 134 Å². The second kappa shape index (κ2) is 15.0. The number of esters is 3. The van der Waals surface area contributed by atoms with E-state index in [1.165, 1.54) is 0 Å². The normalized spacial score (nSPS) is 15.0. The fourth-order valence-electron chi connectivity index (χ4n) is 5.91. The Morgan fingerprint density at radius 1 is 0.808 bits per heavy atom. The molecular formula is C40H47N2O9P. The molecule has 0 N–H and O–H groups in total. The van der Waals surface area contributed by atoms with Crippen LogP contribution in [0.25, 0.3) is 0 Å². The summed E-state index contributed by atoms with van der Waals surface area (Å²) in [5.41, 5.74) is -0.216. The molecule has 0 saturated carbocycles. The predicted molar refractivity (Wildman–Crippen MR) is 195 cm³/mol. The monoisotopic (exact) mass is 730 g/mol. The minimum Gasteiger partial charge on any atom is -0.456 e. The number of ether oxygens (including phenoxy) is 4. The summed E-state index contributed by atoms with van der Waals surface area (Å²) in [4.78, 5) is 39.3. The SMILES string of the molecule is CC(C)N(C(C)C)P(OCCC#N)OCc1ccc2c(c1)C1(OC2=O)c2ccc(OC(=O)C(C)(C)C)cc2Oc2cc(OC(=O)C(C)(C)C)ccc21. The van der Waals surface area contributed by atoms with Crippen molar-refractivity contribution in [1.29, 1.82) is 5.26 Å². The standard InChI is InChI=1S/C40H47N2O9P/c1-24(2)42(25(3)4)52(46-19-11-18-41)47-23-26-12-15-29-32(20-26)40(51-35(29)43)30-16-13-27(48-36(44)38(5,6)7)21-33(30)50-34-22-28(14-17-31(34)40)49-37(45)39(8,9)10/h12-17,20-22,24-25H,11,19,23H2,1-10H3. The molecule has 0 bridgehead atoms. The maximum Gasteiger partial charge on any atom is 0.340 e. The largest absolute Gasteiger partial charge is 0.456 e. The van der Waals surface area contributed by atoms with E-state index in [0.717, 1.165) is 5.56 Å². The van der Waals surface area contributed by atoms with Gasteiger partial charge in [0.2, 0.25) is 0 Å². The molecule has 12 heteroatoms. The molecule has 3 aromatic carbocycles. The molecule has 2 aliphatic heterocycles. The highest BCUT2D eigenvalue weighted by molar-refractivity contribution is 7.44. The number of rotatable bonds is 11. The van der Waals surface area contributed by atoms with Crippen LogP contribution in [-0.2, 0) is 35.6 Å². The summed E-state index contributed by atoms with van der Waals surface area (Å²) < 4.78 is 38.9. The summed E-state index contributed by atoms with van der Waals surface area (Å²) >= 11 is 0. The van der Waals surface area contributed by atoms with E-state index in [1.807, 2.05) is 12.1 Å². The van der Waals surface area contributed by atoms with E-state index < -0.39 is 42.9 Å². The van der Waals surface area contributed by atoms with Crippen molar-refractivity contribution in [2.75, 3.05) is 6.61 Å². The molecule has 5 rings (SSSR count). The van der Waals surface area contributed by atoms with Crippen molar-refractivity contribution in [1.82, 2.24) is 4.67 Å². The Labute approximate surface area is 307 Å². The third-order valence-electron chi connectivity index (χ3n) is 8.46. The Balaban J connectivity index is 1.60. The summed E-state index contributed by atoms with van der Waals surface area (Å²) in [5, 5.41) is 9.12. The second-order valence-electron chi connectivity index (χ2n) is 15.5. The van der Waals surface area contributed by atoms with Crippen LogP contribution >= 0.6 is 8.53 Å². The maximum atomic E-state index is 13.7. The smallest absolute Gasteiger partial charge is 0.340 e. The first-order valence-electron chi connectivity index (χ1n) is 17.4. The molecule has 1 atom stereocenters. The Morgan fingerprint density at radius 3 is 1.83 bits per heavy atom. The van der Waals surface area contributed by atoms with E-state index in [2.05, 4.69) is 38.4 Å². The van der Waals surface area contributed by atoms with Crippen molar-refractivity contribution >= 4 is 26.4 Å². The summed E-state index contributed by atoms with van der Waals surface area (Å²) in [6.07, 6.45) is 0.238. The second-order valence-corrected chi connectivity index (χ2v) is 16.9. The van der Waals surface area contributed by atoms with Crippen LogP contribution in [-0.4, -0.2) is 41.3 Å². The van der Waals surface area contributed by atoms with Gasteiger partial charge in [-0.25, -0.2) is 9.46 Å². The number of hydrogen-bond donors (Lipinski definition) is 0. The van der Waals surface area contributed by atoms with Gasteiger partial charge < -0.3 is 28.0 Å². The third kappa shape index (κ3) is 7.86. The van der Waals surface area contributed by atoms with Crippen LogP contribution in [0.3, 0.4) is 0 Å². The average molecular weight is 731 g/mol. The average Bonchev–Trinajstić information content (AvgIpc) is 3.33. The zero-order valence-electron chi connectivity index (χ0n) is 31.5. The maximum absolute atomic E-state index is 13.7. The molecule has 0 fully saturated rings. The van der Waals surface area contributed by atoms with Crippen molar-refractivity contribution in [2.24, 2.45) is 10.8 Å². The molecule has 0 aromatic heterocycles. The molecule has 0 amide bonds. The number of carbonyl (C=O) groups excluding carboxylic acids is 3. The van der Waals surface area contributed by atoms with Gasteiger partial charge in [0.05, 0.1) is 42.1 Å². The summed E-state index contributed by atoms with van der Waals surface area (Å²) in [7, 11) is -1.52. The van der Waals surface area contributed by atoms with Crippen LogP contribution in [0.1, 0.15) is 108 Å². The van der Waals surface area contributed by atoms with E-state index in [0.29, 0.717) is 33.8 Å². The van der Waals surface area contributed by atoms with Gasteiger partial charge in [0.1, 0.15) is 23.0 Å².